The molecule has 4 rings (SSSR count). The molecule has 9 heteroatoms. The van der Waals surface area contributed by atoms with Crippen molar-refractivity contribution >= 4 is 45.8 Å². The van der Waals surface area contributed by atoms with Gasteiger partial charge in [0.15, 0.2) is 0 Å². The number of nitrogens with zero attached hydrogens (tertiary/aromatic N) is 1. The fourth-order valence-corrected chi connectivity index (χ4v) is 4.11. The number of carbonyl (C=O) groups is 3. The van der Waals surface area contributed by atoms with Gasteiger partial charge >= 0.3 is 0 Å². The van der Waals surface area contributed by atoms with Gasteiger partial charge in [-0.1, -0.05) is 12.1 Å². The third kappa shape index (κ3) is 4.66. The molecule has 2 aromatic carbocycles. The van der Waals surface area contributed by atoms with E-state index in [1.54, 1.807) is 12.3 Å². The van der Waals surface area contributed by atoms with Crippen molar-refractivity contribution in [2.45, 2.75) is 6.42 Å². The Labute approximate surface area is 180 Å². The van der Waals surface area contributed by atoms with Crippen LogP contribution in [0, 0.1) is 11.6 Å². The van der Waals surface area contributed by atoms with E-state index in [1.165, 1.54) is 42.5 Å². The molecule has 2 heterocycles. The van der Waals surface area contributed by atoms with Crippen molar-refractivity contribution in [1.82, 2.24) is 15.2 Å². The van der Waals surface area contributed by atoms with E-state index in [9.17, 15) is 23.2 Å². The molecule has 0 aliphatic carbocycles. The van der Waals surface area contributed by atoms with Gasteiger partial charge in [-0.2, -0.15) is 0 Å². The van der Waals surface area contributed by atoms with Crippen LogP contribution in [0.3, 0.4) is 0 Å². The van der Waals surface area contributed by atoms with Crippen LogP contribution in [0.15, 0.2) is 53.6 Å². The number of fused-ring (bicyclic) bond motifs is 1. The maximum Gasteiger partial charge on any atom is 0.293 e. The van der Waals surface area contributed by atoms with Gasteiger partial charge in [0.25, 0.3) is 11.1 Å². The van der Waals surface area contributed by atoms with E-state index in [0.717, 1.165) is 22.2 Å². The molecule has 3 amide bonds. The summed E-state index contributed by atoms with van der Waals surface area (Å²) in [4.78, 5) is 41.2. The number of hydrogen-bond donors (Lipinski definition) is 2. The van der Waals surface area contributed by atoms with Crippen LogP contribution >= 0.6 is 11.8 Å². The van der Waals surface area contributed by atoms with Gasteiger partial charge in [0.2, 0.25) is 5.91 Å². The van der Waals surface area contributed by atoms with E-state index in [4.69, 9.17) is 0 Å². The number of carbonyl (C=O) groups excluding carboxylic acids is 3. The van der Waals surface area contributed by atoms with Gasteiger partial charge in [0.05, 0.1) is 11.3 Å². The number of imide groups is 1. The number of aromatic amines is 1. The number of H-pyrrole nitrogens is 1. The van der Waals surface area contributed by atoms with E-state index in [-0.39, 0.29) is 36.1 Å². The summed E-state index contributed by atoms with van der Waals surface area (Å²) in [6, 6.07) is 9.87. The van der Waals surface area contributed by atoms with Crippen LogP contribution in [0.2, 0.25) is 0 Å². The molecule has 1 saturated heterocycles. The molecule has 0 saturated carbocycles. The number of rotatable bonds is 6. The minimum Gasteiger partial charge on any atom is -0.361 e. The Morgan fingerprint density at radius 2 is 1.84 bits per heavy atom. The summed E-state index contributed by atoms with van der Waals surface area (Å²) < 4.78 is 26.5. The van der Waals surface area contributed by atoms with E-state index >= 15 is 0 Å². The van der Waals surface area contributed by atoms with Crippen molar-refractivity contribution in [3.63, 3.8) is 0 Å². The Kier molecular flexibility index (Phi) is 5.85. The lowest BCUT2D eigenvalue weighted by Gasteiger charge is -2.13. The predicted molar refractivity (Wildman–Crippen MR) is 114 cm³/mol. The molecular formula is C22H17F2N3O3S. The summed E-state index contributed by atoms with van der Waals surface area (Å²) in [5.74, 6) is -1.54. The molecule has 0 unspecified atom stereocenters. The topological polar surface area (TPSA) is 82.3 Å². The van der Waals surface area contributed by atoms with Gasteiger partial charge in [0.1, 0.15) is 11.6 Å². The van der Waals surface area contributed by atoms with Gasteiger partial charge in [-0.25, -0.2) is 8.78 Å². The Morgan fingerprint density at radius 1 is 1.10 bits per heavy atom. The lowest BCUT2D eigenvalue weighted by atomic mass is 10.1. The fraction of sp³-hybridized carbons (Fsp3) is 0.136. The zero-order valence-electron chi connectivity index (χ0n) is 16.2. The molecule has 2 N–H and O–H groups in total. The first-order valence-corrected chi connectivity index (χ1v) is 10.3. The van der Waals surface area contributed by atoms with Crippen LogP contribution in [-0.2, 0) is 16.0 Å². The summed E-state index contributed by atoms with van der Waals surface area (Å²) in [5.41, 5.74) is 1.99. The molecule has 6 nitrogen and oxygen atoms in total. The van der Waals surface area contributed by atoms with Crippen molar-refractivity contribution in [1.29, 1.82) is 0 Å². The highest BCUT2D eigenvalue weighted by Crippen LogP contribution is 2.31. The first-order valence-electron chi connectivity index (χ1n) is 9.44. The SMILES string of the molecule is O=C(Cc1c[nH]c2ccc(F)cc12)NCCN1C(=O)S/C(=C/c2ccc(F)cc2)C1=O. The molecule has 1 aromatic heterocycles. The number of nitrogens with one attached hydrogen (secondary N) is 2. The van der Waals surface area contributed by atoms with E-state index in [0.29, 0.717) is 16.5 Å². The van der Waals surface area contributed by atoms with E-state index < -0.39 is 17.0 Å². The van der Waals surface area contributed by atoms with Gasteiger partial charge in [-0.15, -0.1) is 0 Å². The molecule has 158 valence electrons. The zero-order valence-corrected chi connectivity index (χ0v) is 17.0. The number of thioether (sulfide) groups is 1. The van der Waals surface area contributed by atoms with Gasteiger partial charge < -0.3 is 10.3 Å². The van der Waals surface area contributed by atoms with Crippen LogP contribution in [0.25, 0.3) is 17.0 Å². The van der Waals surface area contributed by atoms with E-state index in [2.05, 4.69) is 10.3 Å². The molecule has 0 radical (unpaired) electrons. The highest BCUT2D eigenvalue weighted by molar-refractivity contribution is 8.18. The molecule has 1 aliphatic heterocycles. The maximum absolute atomic E-state index is 13.5. The standard InChI is InChI=1S/C22H17F2N3O3S/c23-15-3-1-13(2-4-15)9-19-21(29)27(22(30)31-19)8-7-25-20(28)10-14-12-26-18-6-5-16(24)11-17(14)18/h1-6,9,11-12,26H,7-8,10H2,(H,25,28)/b19-9+. The third-order valence-corrected chi connectivity index (χ3v) is 5.69. The quantitative estimate of drug-likeness (QED) is 0.570. The third-order valence-electron chi connectivity index (χ3n) is 4.78. The van der Waals surface area contributed by atoms with Crippen LogP contribution in [0.5, 0.6) is 0 Å². The van der Waals surface area contributed by atoms with Crippen molar-refractivity contribution in [3.05, 3.63) is 76.3 Å². The monoisotopic (exact) mass is 441 g/mol. The Hall–Kier alpha value is -3.46. The van der Waals surface area contributed by atoms with Crippen LogP contribution in [0.1, 0.15) is 11.1 Å². The lowest BCUT2D eigenvalue weighted by Crippen LogP contribution is -2.37. The number of halogens is 2. The Morgan fingerprint density at radius 3 is 2.61 bits per heavy atom. The summed E-state index contributed by atoms with van der Waals surface area (Å²) in [5, 5.41) is 2.88. The highest BCUT2D eigenvalue weighted by atomic mass is 32.2. The van der Waals surface area contributed by atoms with Gasteiger partial charge in [0, 0.05) is 30.2 Å². The Bertz CT molecular complexity index is 1200. The number of aromatic nitrogens is 1. The average Bonchev–Trinajstić information content (AvgIpc) is 3.24. The molecule has 0 spiro atoms. The minimum atomic E-state index is -0.458. The molecule has 1 fully saturated rings. The fourth-order valence-electron chi connectivity index (χ4n) is 3.24. The Balaban J connectivity index is 1.33. The summed E-state index contributed by atoms with van der Waals surface area (Å²) in [6.45, 7) is 0.122. The molecule has 1 aliphatic rings. The normalized spacial score (nSPS) is 15.3. The molecule has 0 atom stereocenters. The predicted octanol–water partition coefficient (Wildman–Crippen LogP) is 3.84. The molecular weight excluding hydrogens is 424 g/mol. The van der Waals surface area contributed by atoms with Crippen LogP contribution < -0.4 is 5.32 Å². The average molecular weight is 441 g/mol. The second kappa shape index (κ2) is 8.73. The molecule has 31 heavy (non-hydrogen) atoms. The summed E-state index contributed by atoms with van der Waals surface area (Å²) in [6.07, 6.45) is 3.22. The largest absolute Gasteiger partial charge is 0.361 e. The number of benzene rings is 2. The second-order valence-electron chi connectivity index (χ2n) is 6.92. The van der Waals surface area contributed by atoms with Crippen molar-refractivity contribution < 1.29 is 23.2 Å². The molecule has 3 aromatic rings. The van der Waals surface area contributed by atoms with Gasteiger partial charge in [-0.05, 0) is 59.3 Å². The smallest absolute Gasteiger partial charge is 0.293 e. The lowest BCUT2D eigenvalue weighted by molar-refractivity contribution is -0.124. The minimum absolute atomic E-state index is 0.0275. The first kappa shape index (κ1) is 20.8. The maximum atomic E-state index is 13.5. The van der Waals surface area contributed by atoms with Gasteiger partial charge in [-0.3, -0.25) is 19.3 Å². The van der Waals surface area contributed by atoms with Crippen LogP contribution in [-0.4, -0.2) is 40.0 Å². The molecule has 0 bridgehead atoms. The first-order chi connectivity index (χ1) is 14.9. The summed E-state index contributed by atoms with van der Waals surface area (Å²) >= 11 is 0.799. The second-order valence-corrected chi connectivity index (χ2v) is 7.91. The highest BCUT2D eigenvalue weighted by Gasteiger charge is 2.34. The number of hydrogen-bond acceptors (Lipinski definition) is 4. The summed E-state index contributed by atoms with van der Waals surface area (Å²) in [7, 11) is 0. The van der Waals surface area contributed by atoms with Crippen LogP contribution in [0.4, 0.5) is 13.6 Å². The van der Waals surface area contributed by atoms with E-state index in [1.807, 2.05) is 0 Å². The van der Waals surface area contributed by atoms with Crippen molar-refractivity contribution in [2.75, 3.05) is 13.1 Å². The van der Waals surface area contributed by atoms with Crippen molar-refractivity contribution in [2.24, 2.45) is 0 Å². The number of amides is 3. The zero-order chi connectivity index (χ0) is 22.0. The van der Waals surface area contributed by atoms with Crippen molar-refractivity contribution in [3.8, 4) is 0 Å².